The van der Waals surface area contributed by atoms with Crippen LogP contribution in [-0.2, 0) is 0 Å². The van der Waals surface area contributed by atoms with Crippen LogP contribution < -0.4 is 44.6 Å². The molecule has 0 fully saturated rings. The van der Waals surface area contributed by atoms with Crippen LogP contribution in [0.3, 0.4) is 0 Å². The van der Waals surface area contributed by atoms with E-state index in [0.717, 1.165) is 57.1 Å². The standard InChI is InChI=1S/C24H41ClN14/c25-18-9-11-19(12-10-18)37-24(31)39-23(30)35-16-8-4-3-7-15-34-22(29)38-21(28)33-14-6-2-1-5-13-32-20(27)36-17-26/h9-12H,1-8,13-16H2,(H3,27,32,36)(H5,28,29,33,34,38)(H5,30,31,35,37,39). The molecule has 0 amide bonds. The number of nitrogens with two attached hydrogens (primary N) is 5. The molecule has 0 saturated carbocycles. The van der Waals surface area contributed by atoms with E-state index < -0.39 is 0 Å². The van der Waals surface area contributed by atoms with Crippen molar-refractivity contribution < 1.29 is 0 Å². The molecule has 13 N–H and O–H groups in total. The van der Waals surface area contributed by atoms with Gasteiger partial charge in [0.1, 0.15) is 0 Å². The minimum absolute atomic E-state index is 0.123. The highest BCUT2D eigenvalue weighted by atomic mass is 35.5. The molecule has 0 spiro atoms. The van der Waals surface area contributed by atoms with Gasteiger partial charge < -0.3 is 34.0 Å². The second kappa shape index (κ2) is 20.8. The lowest BCUT2D eigenvalue weighted by Crippen LogP contribution is -2.41. The minimum atomic E-state index is 0.123. The molecule has 39 heavy (non-hydrogen) atoms. The van der Waals surface area contributed by atoms with E-state index in [1.807, 2.05) is 0 Å². The van der Waals surface area contributed by atoms with Crippen LogP contribution in [0.2, 0.25) is 5.02 Å². The van der Waals surface area contributed by atoms with Crippen molar-refractivity contribution in [2.45, 2.75) is 51.4 Å². The first-order chi connectivity index (χ1) is 18.8. The van der Waals surface area contributed by atoms with Crippen LogP contribution in [0.1, 0.15) is 51.4 Å². The van der Waals surface area contributed by atoms with Crippen molar-refractivity contribution in [2.24, 2.45) is 53.6 Å². The predicted molar refractivity (Wildman–Crippen MR) is 161 cm³/mol. The number of nitrogens with one attached hydrogen (secondary N) is 3. The van der Waals surface area contributed by atoms with Crippen LogP contribution in [0.15, 0.2) is 49.2 Å². The van der Waals surface area contributed by atoms with Crippen molar-refractivity contribution in [3.05, 3.63) is 29.3 Å². The number of rotatable bonds is 15. The van der Waals surface area contributed by atoms with Crippen molar-refractivity contribution >= 4 is 47.1 Å². The van der Waals surface area contributed by atoms with Crippen LogP contribution in [0.25, 0.3) is 0 Å². The van der Waals surface area contributed by atoms with Gasteiger partial charge in [-0.05, 0) is 49.9 Å². The summed E-state index contributed by atoms with van der Waals surface area (Å²) in [7, 11) is 0. The number of hydrogen-bond acceptors (Lipinski definition) is 5. The molecule has 0 aliphatic heterocycles. The third-order valence-corrected chi connectivity index (χ3v) is 5.30. The summed E-state index contributed by atoms with van der Waals surface area (Å²) in [4.78, 5) is 20.8. The fourth-order valence-corrected chi connectivity index (χ4v) is 3.25. The highest BCUT2D eigenvalue weighted by Gasteiger charge is 1.98. The van der Waals surface area contributed by atoms with Crippen LogP contribution in [0.5, 0.6) is 0 Å². The van der Waals surface area contributed by atoms with Crippen molar-refractivity contribution in [1.82, 2.24) is 10.6 Å². The monoisotopic (exact) mass is 560 g/mol. The largest absolute Gasteiger partial charge is 0.370 e. The Kier molecular flexibility index (Phi) is 17.5. The molecule has 15 heteroatoms. The fourth-order valence-electron chi connectivity index (χ4n) is 3.12. The molecular weight excluding hydrogens is 520 g/mol. The van der Waals surface area contributed by atoms with E-state index in [1.165, 1.54) is 0 Å². The summed E-state index contributed by atoms with van der Waals surface area (Å²) in [6.45, 7) is 2.33. The van der Waals surface area contributed by atoms with E-state index in [1.54, 1.807) is 30.5 Å². The second-order valence-electron chi connectivity index (χ2n) is 8.36. The van der Waals surface area contributed by atoms with Gasteiger partial charge in [-0.3, -0.25) is 30.6 Å². The molecule has 0 bridgehead atoms. The fraction of sp³-hybridized carbons (Fsp3) is 0.500. The molecule has 0 aromatic heterocycles. The topological polar surface area (TPSA) is 252 Å². The summed E-state index contributed by atoms with van der Waals surface area (Å²) in [6.07, 6.45) is 9.19. The van der Waals surface area contributed by atoms with Gasteiger partial charge in [0.15, 0.2) is 18.1 Å². The Labute approximate surface area is 235 Å². The molecule has 1 aromatic carbocycles. The summed E-state index contributed by atoms with van der Waals surface area (Å²) in [5.74, 6) is 0.918. The molecule has 0 saturated heterocycles. The number of nitriles is 1. The molecule has 1 rings (SSSR count). The molecule has 0 aliphatic rings. The first-order valence-electron chi connectivity index (χ1n) is 12.8. The molecule has 0 radical (unpaired) electrons. The smallest absolute Gasteiger partial charge is 0.218 e. The van der Waals surface area contributed by atoms with Crippen LogP contribution in [0.4, 0.5) is 5.69 Å². The lowest BCUT2D eigenvalue weighted by atomic mass is 10.2. The Bertz CT molecular complexity index is 1020. The number of anilines is 1. The lowest BCUT2D eigenvalue weighted by Gasteiger charge is -2.05. The molecular formula is C24H41ClN14. The Morgan fingerprint density at radius 3 is 1.62 bits per heavy atom. The number of nitrogens with zero attached hydrogens (tertiary/aromatic N) is 6. The normalized spacial score (nSPS) is 13.2. The molecule has 214 valence electrons. The first kappa shape index (κ1) is 32.8. The Hall–Kier alpha value is -4.25. The number of guanidine groups is 5. The molecule has 1 aromatic rings. The number of unbranched alkanes of at least 4 members (excludes halogenated alkanes) is 6. The van der Waals surface area contributed by atoms with Gasteiger partial charge in [0.05, 0.1) is 0 Å². The van der Waals surface area contributed by atoms with E-state index >= 15 is 0 Å². The maximum absolute atomic E-state index is 8.41. The van der Waals surface area contributed by atoms with Gasteiger partial charge in [0, 0.05) is 36.9 Å². The number of halogens is 1. The Morgan fingerprint density at radius 2 is 1.13 bits per heavy atom. The molecule has 0 atom stereocenters. The van der Waals surface area contributed by atoms with Gasteiger partial charge in [-0.1, -0.05) is 37.3 Å². The zero-order valence-corrected chi connectivity index (χ0v) is 23.0. The summed E-state index contributed by atoms with van der Waals surface area (Å²) in [5.41, 5.74) is 29.6. The quantitative estimate of drug-likeness (QED) is 0.0501. The van der Waals surface area contributed by atoms with Crippen molar-refractivity contribution in [1.29, 1.82) is 5.26 Å². The van der Waals surface area contributed by atoms with E-state index in [2.05, 4.69) is 40.9 Å². The summed E-state index contributed by atoms with van der Waals surface area (Å²) >= 11 is 5.86. The molecule has 0 aliphatic carbocycles. The Morgan fingerprint density at radius 1 is 0.667 bits per heavy atom. The number of hydrogen-bond donors (Lipinski definition) is 8. The zero-order chi connectivity index (χ0) is 28.7. The van der Waals surface area contributed by atoms with Gasteiger partial charge in [0.2, 0.25) is 17.9 Å². The number of aliphatic imine (C=N–C) groups is 5. The summed E-state index contributed by atoms with van der Waals surface area (Å²) in [5, 5.41) is 17.0. The average molecular weight is 561 g/mol. The van der Waals surface area contributed by atoms with Crippen molar-refractivity contribution in [3.8, 4) is 6.19 Å². The van der Waals surface area contributed by atoms with Crippen molar-refractivity contribution in [3.63, 3.8) is 0 Å². The predicted octanol–water partition coefficient (Wildman–Crippen LogP) is 1.11. The highest BCUT2D eigenvalue weighted by molar-refractivity contribution is 6.30. The second-order valence-corrected chi connectivity index (χ2v) is 8.80. The van der Waals surface area contributed by atoms with E-state index in [-0.39, 0.29) is 29.8 Å². The average Bonchev–Trinajstić information content (AvgIpc) is 2.88. The third-order valence-electron chi connectivity index (χ3n) is 5.04. The zero-order valence-electron chi connectivity index (χ0n) is 22.2. The van der Waals surface area contributed by atoms with Crippen LogP contribution >= 0.6 is 11.6 Å². The maximum atomic E-state index is 8.41. The molecule has 14 nitrogen and oxygen atoms in total. The molecule has 0 heterocycles. The lowest BCUT2D eigenvalue weighted by molar-refractivity contribution is 0.652. The van der Waals surface area contributed by atoms with Gasteiger partial charge in [-0.15, -0.1) is 0 Å². The number of benzene rings is 1. The van der Waals surface area contributed by atoms with E-state index in [4.69, 9.17) is 45.5 Å². The van der Waals surface area contributed by atoms with Gasteiger partial charge in [-0.25, -0.2) is 0 Å². The van der Waals surface area contributed by atoms with E-state index in [9.17, 15) is 0 Å². The SMILES string of the molecule is N#CNC(N)=NCCCCCCN=C(N)NC(N)=NCCCCCCN=C(N)N=C(N)Nc1ccc(Cl)cc1. The first-order valence-corrected chi connectivity index (χ1v) is 13.2. The third kappa shape index (κ3) is 18.6. The summed E-state index contributed by atoms with van der Waals surface area (Å²) in [6, 6.07) is 7.07. The van der Waals surface area contributed by atoms with Crippen LogP contribution in [-0.4, -0.2) is 56.0 Å². The van der Waals surface area contributed by atoms with Gasteiger partial charge >= 0.3 is 0 Å². The van der Waals surface area contributed by atoms with Crippen molar-refractivity contribution in [2.75, 3.05) is 31.5 Å². The molecule has 0 unspecified atom stereocenters. The van der Waals surface area contributed by atoms with E-state index in [0.29, 0.717) is 31.2 Å². The Balaban J connectivity index is 2.10. The maximum Gasteiger partial charge on any atom is 0.218 e. The van der Waals surface area contributed by atoms with Crippen LogP contribution in [0, 0.1) is 11.5 Å². The highest BCUT2D eigenvalue weighted by Crippen LogP contribution is 2.12. The van der Waals surface area contributed by atoms with Gasteiger partial charge in [0.25, 0.3) is 0 Å². The minimum Gasteiger partial charge on any atom is -0.370 e. The summed E-state index contributed by atoms with van der Waals surface area (Å²) < 4.78 is 0. The van der Waals surface area contributed by atoms with Gasteiger partial charge in [-0.2, -0.15) is 10.3 Å².